The zero-order chi connectivity index (χ0) is 8.98. The van der Waals surface area contributed by atoms with Gasteiger partial charge in [0.2, 0.25) is 0 Å². The maximum absolute atomic E-state index is 11.4. The Morgan fingerprint density at radius 2 is 1.92 bits per heavy atom. The summed E-state index contributed by atoms with van der Waals surface area (Å²) >= 11 is 0. The summed E-state index contributed by atoms with van der Waals surface area (Å²) in [5.41, 5.74) is -0.701. The maximum Gasteiger partial charge on any atom is 0.322 e. The van der Waals surface area contributed by atoms with Crippen LogP contribution in [0, 0.1) is 5.41 Å². The van der Waals surface area contributed by atoms with Crippen LogP contribution < -0.4 is 10.6 Å². The van der Waals surface area contributed by atoms with Gasteiger partial charge >= 0.3 is 6.03 Å². The summed E-state index contributed by atoms with van der Waals surface area (Å²) in [5.74, 6) is -0.163. The molecule has 1 heterocycles. The average molecular weight is 168 g/mol. The van der Waals surface area contributed by atoms with E-state index in [0.29, 0.717) is 0 Å². The van der Waals surface area contributed by atoms with Crippen molar-refractivity contribution in [2.45, 2.75) is 32.2 Å². The van der Waals surface area contributed by atoms with Gasteiger partial charge in [-0.2, -0.15) is 0 Å². The summed E-state index contributed by atoms with van der Waals surface area (Å²) in [6.07, 6.45) is 1.75. The third-order valence-electron chi connectivity index (χ3n) is 3.22. The zero-order valence-electron chi connectivity index (χ0n) is 7.23. The molecular formula is C8H12N2O2. The van der Waals surface area contributed by atoms with E-state index < -0.39 is 5.54 Å². The first-order valence-electron chi connectivity index (χ1n) is 4.12. The number of hydrogen-bond acceptors (Lipinski definition) is 2. The van der Waals surface area contributed by atoms with Crippen LogP contribution in [0.1, 0.15) is 26.7 Å². The molecule has 1 saturated carbocycles. The van der Waals surface area contributed by atoms with E-state index in [4.69, 9.17) is 0 Å². The van der Waals surface area contributed by atoms with Gasteiger partial charge in [-0.05, 0) is 18.3 Å². The Kier molecular flexibility index (Phi) is 1.14. The topological polar surface area (TPSA) is 58.2 Å². The molecule has 0 aromatic heterocycles. The number of urea groups is 1. The normalized spacial score (nSPS) is 37.5. The minimum Gasteiger partial charge on any atom is -0.323 e. The molecule has 2 N–H and O–H groups in total. The Hall–Kier alpha value is -1.06. The highest BCUT2D eigenvalue weighted by Gasteiger charge is 2.62. The standard InChI is InChI=1S/C8H12N2O2/c1-7(2)3-4-8(7)5(11)9-6(12)10-8/h3-4H2,1-2H3,(H2,9,10,11,12). The van der Waals surface area contributed by atoms with Crippen LogP contribution >= 0.6 is 0 Å². The van der Waals surface area contributed by atoms with Crippen molar-refractivity contribution in [3.8, 4) is 0 Å². The lowest BCUT2D eigenvalue weighted by molar-refractivity contribution is -0.135. The number of nitrogens with one attached hydrogen (secondary N) is 2. The van der Waals surface area contributed by atoms with Crippen LogP contribution in [0.2, 0.25) is 0 Å². The van der Waals surface area contributed by atoms with Crippen molar-refractivity contribution in [1.82, 2.24) is 10.6 Å². The molecule has 0 aromatic carbocycles. The van der Waals surface area contributed by atoms with Gasteiger partial charge in [0, 0.05) is 0 Å². The monoisotopic (exact) mass is 168 g/mol. The quantitative estimate of drug-likeness (QED) is 0.514. The van der Waals surface area contributed by atoms with E-state index in [-0.39, 0.29) is 17.4 Å². The molecule has 1 saturated heterocycles. The zero-order valence-corrected chi connectivity index (χ0v) is 7.23. The number of imide groups is 1. The highest BCUT2D eigenvalue weighted by molar-refractivity contribution is 6.08. The van der Waals surface area contributed by atoms with E-state index in [0.717, 1.165) is 12.8 Å². The molecule has 0 radical (unpaired) electrons. The summed E-state index contributed by atoms with van der Waals surface area (Å²) in [6.45, 7) is 4.00. The molecule has 0 bridgehead atoms. The van der Waals surface area contributed by atoms with Crippen molar-refractivity contribution in [1.29, 1.82) is 0 Å². The maximum atomic E-state index is 11.4. The Balaban J connectivity index is 2.34. The Labute approximate surface area is 70.7 Å². The van der Waals surface area contributed by atoms with Crippen LogP contribution in [-0.4, -0.2) is 17.5 Å². The molecule has 1 spiro atoms. The second-order valence-electron chi connectivity index (χ2n) is 4.20. The fraction of sp³-hybridized carbons (Fsp3) is 0.750. The molecule has 66 valence electrons. The van der Waals surface area contributed by atoms with Crippen LogP contribution in [0.25, 0.3) is 0 Å². The van der Waals surface area contributed by atoms with Crippen LogP contribution in [0.5, 0.6) is 0 Å². The minimum atomic E-state index is -0.607. The highest BCUT2D eigenvalue weighted by Crippen LogP contribution is 2.50. The van der Waals surface area contributed by atoms with Gasteiger partial charge in [0.15, 0.2) is 0 Å². The average Bonchev–Trinajstić information content (AvgIpc) is 2.26. The second-order valence-corrected chi connectivity index (χ2v) is 4.20. The second kappa shape index (κ2) is 1.81. The van der Waals surface area contributed by atoms with Gasteiger partial charge in [0.1, 0.15) is 5.54 Å². The predicted octanol–water partition coefficient (Wildman–Crippen LogP) is 0.385. The summed E-state index contributed by atoms with van der Waals surface area (Å²) in [4.78, 5) is 22.3. The Bertz CT molecular complexity index is 272. The molecule has 1 aliphatic heterocycles. The van der Waals surface area contributed by atoms with Crippen LogP contribution in [0.4, 0.5) is 4.79 Å². The minimum absolute atomic E-state index is 0.0940. The highest BCUT2D eigenvalue weighted by atomic mass is 16.2. The number of amides is 3. The molecule has 4 nitrogen and oxygen atoms in total. The van der Waals surface area contributed by atoms with E-state index in [1.165, 1.54) is 0 Å². The number of carbonyl (C=O) groups is 2. The van der Waals surface area contributed by atoms with Crippen molar-refractivity contribution in [3.05, 3.63) is 0 Å². The fourth-order valence-electron chi connectivity index (χ4n) is 2.02. The van der Waals surface area contributed by atoms with Gasteiger partial charge in [-0.1, -0.05) is 13.8 Å². The van der Waals surface area contributed by atoms with Crippen molar-refractivity contribution in [2.75, 3.05) is 0 Å². The first-order valence-corrected chi connectivity index (χ1v) is 4.12. The van der Waals surface area contributed by atoms with Gasteiger partial charge in [-0.15, -0.1) is 0 Å². The van der Waals surface area contributed by atoms with Gasteiger partial charge in [0.25, 0.3) is 5.91 Å². The lowest BCUT2D eigenvalue weighted by atomic mass is 9.56. The molecule has 1 atom stereocenters. The van der Waals surface area contributed by atoms with Crippen LogP contribution in [0.15, 0.2) is 0 Å². The molecule has 2 fully saturated rings. The molecule has 3 amide bonds. The van der Waals surface area contributed by atoms with Gasteiger partial charge in [0.05, 0.1) is 0 Å². The first kappa shape index (κ1) is 7.58. The van der Waals surface area contributed by atoms with E-state index in [1.807, 2.05) is 13.8 Å². The molecule has 2 aliphatic rings. The lowest BCUT2D eigenvalue weighted by Crippen LogP contribution is -2.64. The van der Waals surface area contributed by atoms with Crippen LogP contribution in [-0.2, 0) is 4.79 Å². The molecule has 1 unspecified atom stereocenters. The van der Waals surface area contributed by atoms with Crippen molar-refractivity contribution >= 4 is 11.9 Å². The van der Waals surface area contributed by atoms with E-state index in [9.17, 15) is 9.59 Å². The number of rotatable bonds is 0. The summed E-state index contributed by atoms with van der Waals surface area (Å²) < 4.78 is 0. The lowest BCUT2D eigenvalue weighted by Gasteiger charge is -2.51. The van der Waals surface area contributed by atoms with Crippen LogP contribution in [0.3, 0.4) is 0 Å². The molecule has 12 heavy (non-hydrogen) atoms. The molecule has 2 rings (SSSR count). The molecular weight excluding hydrogens is 156 g/mol. The van der Waals surface area contributed by atoms with E-state index >= 15 is 0 Å². The van der Waals surface area contributed by atoms with E-state index in [1.54, 1.807) is 0 Å². The van der Waals surface area contributed by atoms with Gasteiger partial charge < -0.3 is 5.32 Å². The smallest absolute Gasteiger partial charge is 0.322 e. The Morgan fingerprint density at radius 3 is 2.08 bits per heavy atom. The largest absolute Gasteiger partial charge is 0.323 e. The SMILES string of the molecule is CC1(C)CCC12NC(=O)NC2=O. The summed E-state index contributed by atoms with van der Waals surface area (Å²) in [6, 6.07) is -0.354. The molecule has 0 aromatic rings. The van der Waals surface area contributed by atoms with E-state index in [2.05, 4.69) is 10.6 Å². The number of hydrogen-bond donors (Lipinski definition) is 2. The van der Waals surface area contributed by atoms with Crippen molar-refractivity contribution < 1.29 is 9.59 Å². The third-order valence-corrected chi connectivity index (χ3v) is 3.22. The predicted molar refractivity (Wildman–Crippen MR) is 42.4 cm³/mol. The fourth-order valence-corrected chi connectivity index (χ4v) is 2.02. The van der Waals surface area contributed by atoms with Crippen molar-refractivity contribution in [3.63, 3.8) is 0 Å². The van der Waals surface area contributed by atoms with Gasteiger partial charge in [-0.3, -0.25) is 10.1 Å². The first-order chi connectivity index (χ1) is 5.48. The van der Waals surface area contributed by atoms with Gasteiger partial charge in [-0.25, -0.2) is 4.79 Å². The Morgan fingerprint density at radius 1 is 1.25 bits per heavy atom. The van der Waals surface area contributed by atoms with Crippen molar-refractivity contribution in [2.24, 2.45) is 5.41 Å². The molecule has 4 heteroatoms. The summed E-state index contributed by atoms with van der Waals surface area (Å²) in [7, 11) is 0. The third kappa shape index (κ3) is 0.629. The molecule has 1 aliphatic carbocycles. The number of carbonyl (C=O) groups excluding carboxylic acids is 2. The summed E-state index contributed by atoms with van der Waals surface area (Å²) in [5, 5.41) is 4.98.